The van der Waals surface area contributed by atoms with Crippen LogP contribution in [-0.2, 0) is 0 Å². The molecule has 0 fully saturated rings. The van der Waals surface area contributed by atoms with Gasteiger partial charge in [-0.15, -0.1) is 0 Å². The molecule has 4 rings (SSSR count). The number of rotatable bonds is 6. The minimum Gasteiger partial charge on any atom is -0.348 e. The molecule has 4 heteroatoms. The Hall–Kier alpha value is -3.92. The van der Waals surface area contributed by atoms with E-state index in [1.807, 2.05) is 73.7 Å². The van der Waals surface area contributed by atoms with Gasteiger partial charge in [0, 0.05) is 24.0 Å². The first-order chi connectivity index (χ1) is 16.1. The lowest BCUT2D eigenvalue weighted by atomic mass is 9.99. The molecule has 0 bridgehead atoms. The van der Waals surface area contributed by atoms with Crippen molar-refractivity contribution in [1.82, 2.24) is 10.3 Å². The van der Waals surface area contributed by atoms with Crippen LogP contribution in [-0.4, -0.2) is 17.4 Å². The fourth-order valence-electron chi connectivity index (χ4n) is 3.82. The quantitative estimate of drug-likeness (QED) is 0.450. The molecule has 0 saturated heterocycles. The highest BCUT2D eigenvalue weighted by atomic mass is 16.1. The second-order valence-electron chi connectivity index (χ2n) is 8.26. The molecule has 0 unspecified atom stereocenters. The summed E-state index contributed by atoms with van der Waals surface area (Å²) in [4.78, 5) is 17.5. The summed E-state index contributed by atoms with van der Waals surface area (Å²) in [6.45, 7) is 4.64. The Morgan fingerprint density at radius 1 is 0.970 bits per heavy atom. The van der Waals surface area contributed by atoms with Crippen LogP contribution in [0.4, 0.5) is 11.5 Å². The molecule has 33 heavy (non-hydrogen) atoms. The largest absolute Gasteiger partial charge is 0.348 e. The summed E-state index contributed by atoms with van der Waals surface area (Å²) in [6.07, 6.45) is 12.2. The van der Waals surface area contributed by atoms with Gasteiger partial charge in [-0.3, -0.25) is 4.79 Å². The maximum atomic E-state index is 13.1. The van der Waals surface area contributed by atoms with Gasteiger partial charge in [-0.25, -0.2) is 4.98 Å². The molecule has 0 spiro atoms. The number of aromatic nitrogens is 1. The topological polar surface area (TPSA) is 54.0 Å². The van der Waals surface area contributed by atoms with Gasteiger partial charge in [-0.05, 0) is 79.3 Å². The van der Waals surface area contributed by atoms with E-state index in [1.54, 1.807) is 6.20 Å². The molecule has 1 amide bonds. The van der Waals surface area contributed by atoms with Crippen molar-refractivity contribution in [1.29, 1.82) is 0 Å². The first-order valence-corrected chi connectivity index (χ1v) is 11.3. The van der Waals surface area contributed by atoms with Crippen LogP contribution in [0.5, 0.6) is 0 Å². The second kappa shape index (κ2) is 10.6. The third kappa shape index (κ3) is 5.86. The maximum absolute atomic E-state index is 13.1. The Morgan fingerprint density at radius 2 is 1.79 bits per heavy atom. The zero-order valence-corrected chi connectivity index (χ0v) is 19.1. The number of aryl methyl sites for hydroxylation is 1. The van der Waals surface area contributed by atoms with E-state index in [1.165, 1.54) is 11.1 Å². The highest BCUT2D eigenvalue weighted by Gasteiger charge is 2.12. The summed E-state index contributed by atoms with van der Waals surface area (Å²) in [7, 11) is 0. The average Bonchev–Trinajstić information content (AvgIpc) is 2.82. The SMILES string of the molecule is C\C1=C(CNC(=O)c2cc(-c3ccnc(Nc4ccccc4)c3)ccc2C)/C=C\C=C/CC1. The molecule has 0 atom stereocenters. The van der Waals surface area contributed by atoms with Gasteiger partial charge in [0.1, 0.15) is 5.82 Å². The Kier molecular flexibility index (Phi) is 7.16. The number of carbonyl (C=O) groups is 1. The van der Waals surface area contributed by atoms with Crippen molar-refractivity contribution in [2.24, 2.45) is 0 Å². The predicted octanol–water partition coefficient (Wildman–Crippen LogP) is 6.75. The number of anilines is 2. The van der Waals surface area contributed by atoms with E-state index in [2.05, 4.69) is 40.8 Å². The van der Waals surface area contributed by atoms with E-state index in [0.29, 0.717) is 12.1 Å². The summed E-state index contributed by atoms with van der Waals surface area (Å²) in [5, 5.41) is 6.44. The molecule has 1 aliphatic rings. The van der Waals surface area contributed by atoms with Crippen molar-refractivity contribution < 1.29 is 4.79 Å². The first kappa shape index (κ1) is 22.3. The lowest BCUT2D eigenvalue weighted by molar-refractivity contribution is 0.0956. The van der Waals surface area contributed by atoms with Crippen LogP contribution in [0.2, 0.25) is 0 Å². The summed E-state index contributed by atoms with van der Waals surface area (Å²) in [5.41, 5.74) is 7.10. The van der Waals surface area contributed by atoms with Crippen LogP contribution >= 0.6 is 0 Å². The zero-order valence-electron chi connectivity index (χ0n) is 19.1. The monoisotopic (exact) mass is 435 g/mol. The Bertz CT molecular complexity index is 1220. The van der Waals surface area contributed by atoms with Gasteiger partial charge in [0.05, 0.1) is 0 Å². The molecule has 1 heterocycles. The minimum absolute atomic E-state index is 0.0580. The molecule has 3 aromatic rings. The van der Waals surface area contributed by atoms with Gasteiger partial charge in [0.25, 0.3) is 5.91 Å². The molecular formula is C29H29N3O. The summed E-state index contributed by atoms with van der Waals surface area (Å²) >= 11 is 0. The minimum atomic E-state index is -0.0580. The third-order valence-electron chi connectivity index (χ3n) is 5.84. The molecule has 0 aliphatic heterocycles. The molecular weight excluding hydrogens is 406 g/mol. The van der Waals surface area contributed by atoms with E-state index >= 15 is 0 Å². The number of para-hydroxylation sites is 1. The summed E-state index contributed by atoms with van der Waals surface area (Å²) in [5.74, 6) is 0.704. The molecule has 1 aliphatic carbocycles. The van der Waals surface area contributed by atoms with E-state index in [4.69, 9.17) is 0 Å². The van der Waals surface area contributed by atoms with Crippen LogP contribution in [0.3, 0.4) is 0 Å². The van der Waals surface area contributed by atoms with Crippen molar-refractivity contribution in [2.75, 3.05) is 11.9 Å². The lowest BCUT2D eigenvalue weighted by Gasteiger charge is -2.13. The Morgan fingerprint density at radius 3 is 2.64 bits per heavy atom. The van der Waals surface area contributed by atoms with E-state index in [9.17, 15) is 4.79 Å². The molecule has 0 saturated carbocycles. The Balaban J connectivity index is 1.52. The van der Waals surface area contributed by atoms with Gasteiger partial charge in [-0.2, -0.15) is 0 Å². The number of hydrogen-bond acceptors (Lipinski definition) is 3. The number of pyridine rings is 1. The van der Waals surface area contributed by atoms with Crippen molar-refractivity contribution in [3.05, 3.63) is 113 Å². The molecule has 2 aromatic carbocycles. The first-order valence-electron chi connectivity index (χ1n) is 11.3. The van der Waals surface area contributed by atoms with Crippen molar-refractivity contribution in [2.45, 2.75) is 26.7 Å². The van der Waals surface area contributed by atoms with Crippen LogP contribution in [0.15, 0.2) is 102 Å². The standard InChI is InChI=1S/C29H29N3O/c1-21-10-6-3-4-7-11-25(21)20-31-29(33)27-18-23(15-14-22(27)2)24-16-17-30-28(19-24)32-26-12-8-5-9-13-26/h3-5,7-9,11-19H,6,10,20H2,1-2H3,(H,30,32)(H,31,33)/b4-3-,11-7-,25-21-. The molecule has 166 valence electrons. The number of benzene rings is 2. The number of nitrogens with one attached hydrogen (secondary N) is 2. The molecule has 1 aromatic heterocycles. The number of hydrogen-bond donors (Lipinski definition) is 2. The fourth-order valence-corrected chi connectivity index (χ4v) is 3.82. The molecule has 2 N–H and O–H groups in total. The zero-order chi connectivity index (χ0) is 23.0. The van der Waals surface area contributed by atoms with Gasteiger partial charge in [0.2, 0.25) is 0 Å². The van der Waals surface area contributed by atoms with Gasteiger partial charge in [0.15, 0.2) is 0 Å². The van der Waals surface area contributed by atoms with E-state index < -0.39 is 0 Å². The normalized spacial score (nSPS) is 17.5. The highest BCUT2D eigenvalue weighted by Crippen LogP contribution is 2.25. The fraction of sp³-hybridized carbons (Fsp3) is 0.172. The summed E-state index contributed by atoms with van der Waals surface area (Å²) in [6, 6.07) is 19.9. The number of nitrogens with zero attached hydrogens (tertiary/aromatic N) is 1. The maximum Gasteiger partial charge on any atom is 0.251 e. The lowest BCUT2D eigenvalue weighted by Crippen LogP contribution is -2.26. The Labute approximate surface area is 195 Å². The average molecular weight is 436 g/mol. The van der Waals surface area contributed by atoms with Gasteiger partial charge < -0.3 is 10.6 Å². The highest BCUT2D eigenvalue weighted by molar-refractivity contribution is 5.97. The number of allylic oxidation sites excluding steroid dienone is 4. The van der Waals surface area contributed by atoms with Gasteiger partial charge in [-0.1, -0.05) is 60.2 Å². The van der Waals surface area contributed by atoms with Gasteiger partial charge >= 0.3 is 0 Å². The van der Waals surface area contributed by atoms with Crippen LogP contribution in [0.1, 0.15) is 35.7 Å². The van der Waals surface area contributed by atoms with Crippen molar-refractivity contribution in [3.63, 3.8) is 0 Å². The van der Waals surface area contributed by atoms with Crippen LogP contribution < -0.4 is 10.6 Å². The number of amides is 1. The molecule has 0 radical (unpaired) electrons. The van der Waals surface area contributed by atoms with E-state index in [0.717, 1.165) is 41.0 Å². The van der Waals surface area contributed by atoms with Crippen molar-refractivity contribution in [3.8, 4) is 11.1 Å². The van der Waals surface area contributed by atoms with Crippen LogP contribution in [0.25, 0.3) is 11.1 Å². The summed E-state index contributed by atoms with van der Waals surface area (Å²) < 4.78 is 0. The number of carbonyl (C=O) groups excluding carboxylic acids is 1. The van der Waals surface area contributed by atoms with E-state index in [-0.39, 0.29) is 5.91 Å². The van der Waals surface area contributed by atoms with Crippen molar-refractivity contribution >= 4 is 17.4 Å². The van der Waals surface area contributed by atoms with Crippen LogP contribution in [0, 0.1) is 6.92 Å². The second-order valence-corrected chi connectivity index (χ2v) is 8.26. The smallest absolute Gasteiger partial charge is 0.251 e. The molecule has 4 nitrogen and oxygen atoms in total. The third-order valence-corrected chi connectivity index (χ3v) is 5.84. The predicted molar refractivity (Wildman–Crippen MR) is 137 cm³/mol.